The van der Waals surface area contributed by atoms with Gasteiger partial charge in [0, 0.05) is 23.8 Å². The summed E-state index contributed by atoms with van der Waals surface area (Å²) in [5.74, 6) is -3.06. The van der Waals surface area contributed by atoms with Gasteiger partial charge in [0.05, 0.1) is 11.8 Å². The molecule has 31 heavy (non-hydrogen) atoms. The number of carbonyl (C=O) groups is 3. The van der Waals surface area contributed by atoms with Gasteiger partial charge in [-0.05, 0) is 36.6 Å². The predicted octanol–water partition coefficient (Wildman–Crippen LogP) is 2.59. The molecule has 0 unspecified atom stereocenters. The summed E-state index contributed by atoms with van der Waals surface area (Å²) >= 11 is 0. The summed E-state index contributed by atoms with van der Waals surface area (Å²) in [4.78, 5) is 41.5. The number of halogens is 1. The third-order valence-corrected chi connectivity index (χ3v) is 6.80. The van der Waals surface area contributed by atoms with Crippen LogP contribution in [0, 0.1) is 17.7 Å². The third-order valence-electron chi connectivity index (χ3n) is 6.80. The van der Waals surface area contributed by atoms with Crippen molar-refractivity contribution in [1.82, 2.24) is 10.2 Å². The van der Waals surface area contributed by atoms with E-state index in [0.29, 0.717) is 30.6 Å². The molecule has 2 aromatic carbocycles. The molecule has 2 fully saturated rings. The molecule has 3 aliphatic heterocycles. The van der Waals surface area contributed by atoms with E-state index in [1.54, 1.807) is 0 Å². The highest BCUT2D eigenvalue weighted by Gasteiger charge is 2.70. The van der Waals surface area contributed by atoms with Gasteiger partial charge in [0.15, 0.2) is 0 Å². The van der Waals surface area contributed by atoms with E-state index in [2.05, 4.69) is 10.6 Å². The molecule has 160 valence electrons. The van der Waals surface area contributed by atoms with Crippen molar-refractivity contribution in [1.29, 1.82) is 0 Å². The van der Waals surface area contributed by atoms with Crippen molar-refractivity contribution in [3.63, 3.8) is 0 Å². The first-order valence-electron chi connectivity index (χ1n) is 10.8. The Balaban J connectivity index is 1.62. The summed E-state index contributed by atoms with van der Waals surface area (Å²) in [6, 6.07) is 13.3. The number of unbranched alkanes of at least 4 members (excludes halogenated alkanes) is 1. The van der Waals surface area contributed by atoms with Crippen LogP contribution in [-0.4, -0.2) is 35.2 Å². The third kappa shape index (κ3) is 2.83. The molecule has 5 rings (SSSR count). The van der Waals surface area contributed by atoms with Crippen LogP contribution in [0.25, 0.3) is 0 Å². The summed E-state index contributed by atoms with van der Waals surface area (Å²) in [5, 5.41) is 6.14. The molecule has 2 saturated heterocycles. The Hall–Kier alpha value is -3.06. The van der Waals surface area contributed by atoms with Crippen LogP contribution in [0.5, 0.6) is 0 Å². The van der Waals surface area contributed by atoms with E-state index < -0.39 is 35.1 Å². The van der Waals surface area contributed by atoms with Crippen molar-refractivity contribution in [3.05, 3.63) is 65.5 Å². The molecular formula is C24H24FN3O3. The fraction of sp³-hybridized carbons (Fsp3) is 0.375. The van der Waals surface area contributed by atoms with E-state index in [9.17, 15) is 18.8 Å². The number of benzene rings is 2. The fourth-order valence-electron chi connectivity index (χ4n) is 5.41. The Morgan fingerprint density at radius 2 is 1.84 bits per heavy atom. The van der Waals surface area contributed by atoms with Gasteiger partial charge < -0.3 is 5.32 Å². The Bertz CT molecular complexity index is 1070. The molecule has 0 bridgehead atoms. The Kier molecular flexibility index (Phi) is 4.66. The largest absolute Gasteiger partial charge is 0.324 e. The van der Waals surface area contributed by atoms with Crippen LogP contribution in [0.3, 0.4) is 0 Å². The second-order valence-corrected chi connectivity index (χ2v) is 8.58. The van der Waals surface area contributed by atoms with Gasteiger partial charge in [-0.2, -0.15) is 0 Å². The zero-order chi connectivity index (χ0) is 21.8. The van der Waals surface area contributed by atoms with Crippen LogP contribution >= 0.6 is 0 Å². The lowest BCUT2D eigenvalue weighted by molar-refractivity contribution is -0.142. The highest BCUT2D eigenvalue weighted by atomic mass is 19.1. The van der Waals surface area contributed by atoms with Crippen LogP contribution in [0.15, 0.2) is 48.5 Å². The Morgan fingerprint density at radius 3 is 2.58 bits per heavy atom. The minimum absolute atomic E-state index is 0.244. The number of amides is 3. The van der Waals surface area contributed by atoms with Gasteiger partial charge in [-0.1, -0.05) is 43.7 Å². The lowest BCUT2D eigenvalue weighted by Gasteiger charge is -2.29. The summed E-state index contributed by atoms with van der Waals surface area (Å²) in [6.07, 6.45) is 2.04. The maximum absolute atomic E-state index is 14.2. The van der Waals surface area contributed by atoms with Gasteiger partial charge in [-0.15, -0.1) is 0 Å². The molecule has 1 spiro atoms. The van der Waals surface area contributed by atoms with E-state index in [0.717, 1.165) is 12.0 Å². The smallest absolute Gasteiger partial charge is 0.250 e. The molecule has 0 saturated carbocycles. The van der Waals surface area contributed by atoms with Crippen LogP contribution in [0.4, 0.5) is 10.1 Å². The second-order valence-electron chi connectivity index (χ2n) is 8.58. The van der Waals surface area contributed by atoms with E-state index in [1.807, 2.05) is 37.3 Å². The normalized spacial score (nSPS) is 28.9. The number of hydrogen-bond donors (Lipinski definition) is 2. The maximum atomic E-state index is 14.2. The average Bonchev–Trinajstić information content (AvgIpc) is 3.33. The number of likely N-dealkylation sites (tertiary alicyclic amines) is 1. The molecule has 6 nitrogen and oxygen atoms in total. The molecule has 3 aliphatic rings. The molecule has 7 heteroatoms. The fourth-order valence-corrected chi connectivity index (χ4v) is 5.41. The molecule has 4 atom stereocenters. The van der Waals surface area contributed by atoms with Crippen molar-refractivity contribution < 1.29 is 18.8 Å². The van der Waals surface area contributed by atoms with E-state index in [-0.39, 0.29) is 11.8 Å². The summed E-state index contributed by atoms with van der Waals surface area (Å²) < 4.78 is 14.2. The van der Waals surface area contributed by atoms with Gasteiger partial charge in [0.2, 0.25) is 17.7 Å². The Labute approximate surface area is 179 Å². The Morgan fingerprint density at radius 1 is 1.06 bits per heavy atom. The number of carbonyl (C=O) groups excluding carboxylic acids is 3. The number of imide groups is 1. The number of nitrogens with one attached hydrogen (secondary N) is 2. The molecular weight excluding hydrogens is 397 g/mol. The van der Waals surface area contributed by atoms with Crippen molar-refractivity contribution >= 4 is 23.4 Å². The van der Waals surface area contributed by atoms with Crippen LogP contribution in [0.1, 0.15) is 30.9 Å². The number of rotatable bonds is 5. The average molecular weight is 421 g/mol. The molecule has 2 N–H and O–H groups in total. The van der Waals surface area contributed by atoms with Crippen molar-refractivity contribution in [2.45, 2.75) is 37.8 Å². The first-order valence-corrected chi connectivity index (χ1v) is 10.8. The maximum Gasteiger partial charge on any atom is 0.250 e. The topological polar surface area (TPSA) is 78.5 Å². The summed E-state index contributed by atoms with van der Waals surface area (Å²) in [7, 11) is 0. The van der Waals surface area contributed by atoms with Gasteiger partial charge >= 0.3 is 0 Å². The molecule has 3 amide bonds. The van der Waals surface area contributed by atoms with Gasteiger partial charge in [0.1, 0.15) is 11.4 Å². The van der Waals surface area contributed by atoms with Gasteiger partial charge in [-0.3, -0.25) is 24.6 Å². The van der Waals surface area contributed by atoms with E-state index in [1.165, 1.54) is 23.1 Å². The number of anilines is 1. The van der Waals surface area contributed by atoms with Crippen molar-refractivity contribution in [2.75, 3.05) is 11.9 Å². The molecule has 0 aromatic heterocycles. The SMILES string of the molecule is CCCCN1C(=O)[C@H]2[C@@H](C1=O)[C@]1(N[C@@H]2Cc2ccccc2)C(=O)Nc2ccc(F)cc21. The zero-order valence-electron chi connectivity index (χ0n) is 17.2. The zero-order valence-corrected chi connectivity index (χ0v) is 17.2. The van der Waals surface area contributed by atoms with Crippen molar-refractivity contribution in [3.8, 4) is 0 Å². The standard InChI is InChI=1S/C24H24FN3O3/c1-2-3-11-28-21(29)19-18(12-14-7-5-4-6-8-14)27-24(20(19)22(28)30)16-13-15(25)9-10-17(16)26-23(24)31/h4-10,13,18-20,27H,2-3,11-12H2,1H3,(H,26,31)/t18-,19-,20+,24+/m1/s1. The summed E-state index contributed by atoms with van der Waals surface area (Å²) in [5.41, 5.74) is 0.433. The lowest BCUT2D eigenvalue weighted by atomic mass is 9.76. The minimum Gasteiger partial charge on any atom is -0.324 e. The molecule has 3 heterocycles. The van der Waals surface area contributed by atoms with Crippen molar-refractivity contribution in [2.24, 2.45) is 11.8 Å². The highest BCUT2D eigenvalue weighted by molar-refractivity contribution is 6.15. The van der Waals surface area contributed by atoms with Crippen LogP contribution < -0.4 is 10.6 Å². The van der Waals surface area contributed by atoms with Crippen LogP contribution in [-0.2, 0) is 26.3 Å². The first kappa shape index (κ1) is 19.9. The lowest BCUT2D eigenvalue weighted by Crippen LogP contribution is -2.53. The number of hydrogen-bond acceptors (Lipinski definition) is 4. The minimum atomic E-state index is -1.45. The van der Waals surface area contributed by atoms with Crippen LogP contribution in [0.2, 0.25) is 0 Å². The predicted molar refractivity (Wildman–Crippen MR) is 112 cm³/mol. The van der Waals surface area contributed by atoms with Gasteiger partial charge in [0.25, 0.3) is 0 Å². The highest BCUT2D eigenvalue weighted by Crippen LogP contribution is 2.53. The molecule has 0 aliphatic carbocycles. The van der Waals surface area contributed by atoms with Gasteiger partial charge in [-0.25, -0.2) is 4.39 Å². The molecule has 2 aromatic rings. The second kappa shape index (κ2) is 7.27. The molecule has 0 radical (unpaired) electrons. The monoisotopic (exact) mass is 421 g/mol. The number of nitrogens with zero attached hydrogens (tertiary/aromatic N) is 1. The first-order chi connectivity index (χ1) is 15.0. The summed E-state index contributed by atoms with van der Waals surface area (Å²) in [6.45, 7) is 2.34. The van der Waals surface area contributed by atoms with E-state index >= 15 is 0 Å². The van der Waals surface area contributed by atoms with E-state index in [4.69, 9.17) is 0 Å². The quantitative estimate of drug-likeness (QED) is 0.728. The number of fused-ring (bicyclic) bond motifs is 4.